The number of aromatic nitrogens is 2. The standard InChI is InChI=1S/C23H23F2N5O4S/c1-14(16-9-18(24)12-19(25)10-16)30-8-5-15-3-4-20(11-17(15)13-30)35(32,33)28-23-26-21(27-34-23)22(31)29-6-2-7-29/h3-4,9-12,14H,2,5-8,13H2,1H3,(H,26,27,28)/t14-/m1/s1. The number of benzene rings is 2. The van der Waals surface area contributed by atoms with Gasteiger partial charge in [-0.2, -0.15) is 4.98 Å². The zero-order chi connectivity index (χ0) is 24.7. The van der Waals surface area contributed by atoms with Gasteiger partial charge in [-0.25, -0.2) is 21.9 Å². The van der Waals surface area contributed by atoms with Crippen molar-refractivity contribution in [3.63, 3.8) is 0 Å². The van der Waals surface area contributed by atoms with Crippen molar-refractivity contribution in [2.24, 2.45) is 0 Å². The monoisotopic (exact) mass is 503 g/mol. The first-order valence-electron chi connectivity index (χ1n) is 11.2. The third kappa shape index (κ3) is 4.76. The normalized spacial score (nSPS) is 16.9. The molecule has 5 rings (SSSR count). The van der Waals surface area contributed by atoms with Crippen LogP contribution in [0.15, 0.2) is 45.8 Å². The first-order chi connectivity index (χ1) is 16.7. The minimum atomic E-state index is -4.06. The predicted octanol–water partition coefficient (Wildman–Crippen LogP) is 3.11. The van der Waals surface area contributed by atoms with Crippen molar-refractivity contribution in [1.29, 1.82) is 0 Å². The Labute approximate surface area is 200 Å². The van der Waals surface area contributed by atoms with Gasteiger partial charge < -0.3 is 9.42 Å². The van der Waals surface area contributed by atoms with Crippen LogP contribution in [0.5, 0.6) is 0 Å². The van der Waals surface area contributed by atoms with Crippen LogP contribution >= 0.6 is 0 Å². The molecule has 184 valence electrons. The van der Waals surface area contributed by atoms with Crippen molar-refractivity contribution >= 4 is 21.9 Å². The number of sulfonamides is 1. The minimum absolute atomic E-state index is 0.00336. The van der Waals surface area contributed by atoms with Gasteiger partial charge in [0.05, 0.1) is 4.90 Å². The van der Waals surface area contributed by atoms with Crippen molar-refractivity contribution in [2.45, 2.75) is 37.2 Å². The molecule has 0 spiro atoms. The molecule has 1 aromatic heterocycles. The number of nitrogens with zero attached hydrogens (tertiary/aromatic N) is 4. The van der Waals surface area contributed by atoms with E-state index in [9.17, 15) is 22.0 Å². The Balaban J connectivity index is 1.32. The fourth-order valence-electron chi connectivity index (χ4n) is 4.27. The number of carbonyl (C=O) groups is 1. The molecule has 1 atom stereocenters. The fraction of sp³-hybridized carbons (Fsp3) is 0.348. The van der Waals surface area contributed by atoms with Gasteiger partial charge in [0.25, 0.3) is 21.8 Å². The Hall–Kier alpha value is -3.38. The molecule has 1 fully saturated rings. The van der Waals surface area contributed by atoms with E-state index in [-0.39, 0.29) is 16.8 Å². The molecular weight excluding hydrogens is 480 g/mol. The Kier molecular flexibility index (Phi) is 6.01. The summed E-state index contributed by atoms with van der Waals surface area (Å²) in [6.45, 7) is 4.14. The van der Waals surface area contributed by atoms with Gasteiger partial charge in [0, 0.05) is 38.3 Å². The summed E-state index contributed by atoms with van der Waals surface area (Å²) in [5.74, 6) is -1.89. The summed E-state index contributed by atoms with van der Waals surface area (Å²) in [4.78, 5) is 19.6. The summed E-state index contributed by atoms with van der Waals surface area (Å²) in [6.07, 6.45) is 1.56. The Morgan fingerprint density at radius 1 is 1.09 bits per heavy atom. The number of rotatable bonds is 6. The maximum atomic E-state index is 13.7. The van der Waals surface area contributed by atoms with Crippen LogP contribution in [-0.4, -0.2) is 53.9 Å². The second kappa shape index (κ2) is 9.00. The number of anilines is 1. The van der Waals surface area contributed by atoms with E-state index in [4.69, 9.17) is 4.52 Å². The van der Waals surface area contributed by atoms with E-state index in [0.29, 0.717) is 38.2 Å². The van der Waals surface area contributed by atoms with E-state index in [1.807, 2.05) is 11.8 Å². The minimum Gasteiger partial charge on any atom is -0.336 e. The summed E-state index contributed by atoms with van der Waals surface area (Å²) in [5.41, 5.74) is 2.30. The number of hydrogen-bond acceptors (Lipinski definition) is 7. The van der Waals surface area contributed by atoms with Crippen LogP contribution in [0.4, 0.5) is 14.8 Å². The van der Waals surface area contributed by atoms with Gasteiger partial charge in [-0.15, -0.1) is 0 Å². The zero-order valence-electron chi connectivity index (χ0n) is 18.9. The van der Waals surface area contributed by atoms with Crippen molar-refractivity contribution in [3.05, 3.63) is 70.5 Å². The van der Waals surface area contributed by atoms with Crippen LogP contribution in [-0.2, 0) is 23.0 Å². The van der Waals surface area contributed by atoms with E-state index in [2.05, 4.69) is 14.9 Å². The summed E-state index contributed by atoms with van der Waals surface area (Å²) in [5, 5.41) is 3.57. The van der Waals surface area contributed by atoms with Crippen LogP contribution in [0, 0.1) is 11.6 Å². The molecule has 12 heteroatoms. The molecular formula is C23H23F2N5O4S. The maximum Gasteiger partial charge on any atom is 0.335 e. The molecule has 3 heterocycles. The van der Waals surface area contributed by atoms with Crippen molar-refractivity contribution in [1.82, 2.24) is 19.9 Å². The highest BCUT2D eigenvalue weighted by molar-refractivity contribution is 7.92. The molecule has 35 heavy (non-hydrogen) atoms. The molecule has 1 N–H and O–H groups in total. The van der Waals surface area contributed by atoms with Gasteiger partial charge in [0.2, 0.25) is 0 Å². The molecule has 0 bridgehead atoms. The molecule has 0 aliphatic carbocycles. The van der Waals surface area contributed by atoms with Crippen LogP contribution in [0.3, 0.4) is 0 Å². The summed E-state index contributed by atoms with van der Waals surface area (Å²) in [7, 11) is -4.06. The topological polar surface area (TPSA) is 109 Å². The second-order valence-electron chi connectivity index (χ2n) is 8.70. The van der Waals surface area contributed by atoms with E-state index in [1.165, 1.54) is 23.1 Å². The molecule has 1 saturated heterocycles. The van der Waals surface area contributed by atoms with Crippen molar-refractivity contribution in [3.8, 4) is 0 Å². The van der Waals surface area contributed by atoms with Gasteiger partial charge in [-0.1, -0.05) is 6.07 Å². The molecule has 2 aromatic carbocycles. The fourth-order valence-corrected chi connectivity index (χ4v) is 5.24. The molecule has 3 aromatic rings. The lowest BCUT2D eigenvalue weighted by atomic mass is 9.97. The van der Waals surface area contributed by atoms with E-state index < -0.39 is 33.6 Å². The van der Waals surface area contributed by atoms with E-state index in [0.717, 1.165) is 23.6 Å². The molecule has 0 radical (unpaired) electrons. The first kappa shape index (κ1) is 23.4. The number of halogens is 2. The second-order valence-corrected chi connectivity index (χ2v) is 10.4. The van der Waals surface area contributed by atoms with Crippen LogP contribution in [0.1, 0.15) is 46.7 Å². The average molecular weight is 504 g/mol. The lowest BCUT2D eigenvalue weighted by Crippen LogP contribution is -2.42. The van der Waals surface area contributed by atoms with Crippen LogP contribution < -0.4 is 4.72 Å². The van der Waals surface area contributed by atoms with Gasteiger partial charge in [-0.3, -0.25) is 9.69 Å². The number of nitrogens with one attached hydrogen (secondary N) is 1. The number of carbonyl (C=O) groups excluding carboxylic acids is 1. The van der Waals surface area contributed by atoms with Gasteiger partial charge in [0.15, 0.2) is 0 Å². The number of hydrogen-bond donors (Lipinski definition) is 1. The Bertz CT molecular complexity index is 1370. The van der Waals surface area contributed by atoms with E-state index >= 15 is 0 Å². The van der Waals surface area contributed by atoms with Gasteiger partial charge in [-0.05, 0) is 65.9 Å². The van der Waals surface area contributed by atoms with Crippen LogP contribution in [0.25, 0.3) is 0 Å². The highest BCUT2D eigenvalue weighted by Gasteiger charge is 2.28. The smallest absolute Gasteiger partial charge is 0.335 e. The van der Waals surface area contributed by atoms with Gasteiger partial charge in [0.1, 0.15) is 11.6 Å². The third-order valence-corrected chi connectivity index (χ3v) is 7.74. The lowest BCUT2D eigenvalue weighted by Gasteiger charge is -2.34. The lowest BCUT2D eigenvalue weighted by molar-refractivity contribution is 0.0635. The quantitative estimate of drug-likeness (QED) is 0.551. The average Bonchev–Trinajstić information content (AvgIpc) is 3.24. The predicted molar refractivity (Wildman–Crippen MR) is 121 cm³/mol. The third-order valence-electron chi connectivity index (χ3n) is 6.43. The summed E-state index contributed by atoms with van der Waals surface area (Å²) < 4.78 is 60.4. The van der Waals surface area contributed by atoms with E-state index in [1.54, 1.807) is 12.1 Å². The first-order valence-corrected chi connectivity index (χ1v) is 12.7. The number of amides is 1. The molecule has 0 saturated carbocycles. The molecule has 0 unspecified atom stereocenters. The summed E-state index contributed by atoms with van der Waals surface area (Å²) >= 11 is 0. The SMILES string of the molecule is C[C@H](c1cc(F)cc(F)c1)N1CCc2ccc(S(=O)(=O)Nc3nc(C(=O)N4CCC4)no3)cc2C1. The van der Waals surface area contributed by atoms with Crippen molar-refractivity contribution < 1.29 is 26.5 Å². The molecule has 2 aliphatic rings. The highest BCUT2D eigenvalue weighted by atomic mass is 32.2. The summed E-state index contributed by atoms with van der Waals surface area (Å²) in [6, 6.07) is 7.58. The van der Waals surface area contributed by atoms with Crippen LogP contribution in [0.2, 0.25) is 0 Å². The Morgan fingerprint density at radius 3 is 2.51 bits per heavy atom. The molecule has 2 aliphatic heterocycles. The number of fused-ring (bicyclic) bond motifs is 1. The molecule has 1 amide bonds. The zero-order valence-corrected chi connectivity index (χ0v) is 19.7. The highest BCUT2D eigenvalue weighted by Crippen LogP contribution is 2.30. The van der Waals surface area contributed by atoms with Gasteiger partial charge >= 0.3 is 6.01 Å². The van der Waals surface area contributed by atoms with Crippen molar-refractivity contribution in [2.75, 3.05) is 24.4 Å². The Morgan fingerprint density at radius 2 is 1.83 bits per heavy atom. The maximum absolute atomic E-state index is 13.7. The molecule has 9 nitrogen and oxygen atoms in total. The largest absolute Gasteiger partial charge is 0.336 e. The number of likely N-dealkylation sites (tertiary alicyclic amines) is 1.